The first-order valence-electron chi connectivity index (χ1n) is 9.60. The van der Waals surface area contributed by atoms with Crippen molar-refractivity contribution in [2.24, 2.45) is 0 Å². The molecule has 0 spiro atoms. The van der Waals surface area contributed by atoms with Crippen molar-refractivity contribution in [3.8, 4) is 5.75 Å². The third kappa shape index (κ3) is 5.00. The van der Waals surface area contributed by atoms with Gasteiger partial charge in [-0.2, -0.15) is 12.7 Å². The van der Waals surface area contributed by atoms with Crippen LogP contribution in [0.25, 0.3) is 10.8 Å². The third-order valence-corrected chi connectivity index (χ3v) is 7.44. The molecule has 0 aliphatic rings. The van der Waals surface area contributed by atoms with Crippen LogP contribution in [0.4, 0.5) is 0 Å². The second-order valence-electron chi connectivity index (χ2n) is 7.22. The van der Waals surface area contributed by atoms with Crippen LogP contribution in [-0.4, -0.2) is 33.4 Å². The van der Waals surface area contributed by atoms with Crippen LogP contribution in [0, 0.1) is 0 Å². The monoisotopic (exact) mass is 447 g/mol. The summed E-state index contributed by atoms with van der Waals surface area (Å²) in [6, 6.07) is 18.9. The largest absolute Gasteiger partial charge is 0.383 e. The molecule has 0 saturated heterocycles. The Morgan fingerprint density at radius 2 is 1.53 bits per heavy atom. The molecule has 0 aliphatic heterocycles. The smallest absolute Gasteiger partial charge is 0.306 e. The van der Waals surface area contributed by atoms with Crippen LogP contribution in [-0.2, 0) is 26.7 Å². The van der Waals surface area contributed by atoms with Gasteiger partial charge in [0.25, 0.3) is 0 Å². The Labute approximate surface area is 178 Å². The molecule has 3 aromatic rings. The molecule has 0 radical (unpaired) electrons. The first-order valence-corrected chi connectivity index (χ1v) is 12.9. The molecule has 3 aromatic carbocycles. The van der Waals surface area contributed by atoms with Gasteiger partial charge in [0, 0.05) is 18.0 Å². The van der Waals surface area contributed by atoms with Crippen LogP contribution in [0.15, 0.2) is 71.6 Å². The number of benzene rings is 3. The molecule has 1 atom stereocenters. The van der Waals surface area contributed by atoms with E-state index < -0.39 is 20.1 Å². The number of sulfonamides is 1. The summed E-state index contributed by atoms with van der Waals surface area (Å²) in [6.07, 6.45) is 1.63. The lowest BCUT2D eigenvalue weighted by molar-refractivity contribution is 0.323. The van der Waals surface area contributed by atoms with Crippen molar-refractivity contribution in [3.05, 3.63) is 72.3 Å². The summed E-state index contributed by atoms with van der Waals surface area (Å²) < 4.78 is 56.2. The van der Waals surface area contributed by atoms with Gasteiger partial charge >= 0.3 is 10.1 Å². The normalized spacial score (nSPS) is 13.5. The van der Waals surface area contributed by atoms with E-state index >= 15 is 0 Å². The van der Waals surface area contributed by atoms with E-state index in [-0.39, 0.29) is 23.2 Å². The Morgan fingerprint density at radius 1 is 0.900 bits per heavy atom. The summed E-state index contributed by atoms with van der Waals surface area (Å²) in [5.74, 6) is 0.188. The molecule has 0 heterocycles. The molecule has 6 nitrogen and oxygen atoms in total. The standard InChI is InChI=1S/C22H25NO5S2/c1-4-17(2)23(16-18-12-14-20(15-13-18)28-29(3,24)25)30(26,27)22-11-7-9-19-8-5-6-10-21(19)22/h5-15,17H,4,16H2,1-3H3. The second-order valence-corrected chi connectivity index (χ2v) is 10.7. The van der Waals surface area contributed by atoms with Gasteiger partial charge in [0.1, 0.15) is 5.75 Å². The second kappa shape index (κ2) is 8.75. The zero-order chi connectivity index (χ0) is 21.9. The Morgan fingerprint density at radius 3 is 2.17 bits per heavy atom. The lowest BCUT2D eigenvalue weighted by Gasteiger charge is -2.28. The van der Waals surface area contributed by atoms with Gasteiger partial charge in [-0.1, -0.05) is 55.5 Å². The molecule has 0 saturated carbocycles. The SMILES string of the molecule is CCC(C)N(Cc1ccc(OS(C)(=O)=O)cc1)S(=O)(=O)c1cccc2ccccc12. The molecular weight excluding hydrogens is 422 g/mol. The molecule has 160 valence electrons. The number of hydrogen-bond donors (Lipinski definition) is 0. The van der Waals surface area contributed by atoms with Gasteiger partial charge in [0.2, 0.25) is 10.0 Å². The molecule has 0 bridgehead atoms. The van der Waals surface area contributed by atoms with Crippen molar-refractivity contribution in [1.82, 2.24) is 4.31 Å². The fraction of sp³-hybridized carbons (Fsp3) is 0.273. The molecule has 30 heavy (non-hydrogen) atoms. The molecular formula is C22H25NO5S2. The minimum atomic E-state index is -3.77. The highest BCUT2D eigenvalue weighted by Crippen LogP contribution is 2.29. The van der Waals surface area contributed by atoms with Crippen molar-refractivity contribution in [3.63, 3.8) is 0 Å². The number of fused-ring (bicyclic) bond motifs is 1. The molecule has 0 aromatic heterocycles. The number of nitrogens with zero attached hydrogens (tertiary/aromatic N) is 1. The van der Waals surface area contributed by atoms with E-state index in [4.69, 9.17) is 4.18 Å². The average molecular weight is 448 g/mol. The Hall–Kier alpha value is -2.42. The van der Waals surface area contributed by atoms with Gasteiger partial charge < -0.3 is 4.18 Å². The van der Waals surface area contributed by atoms with Crippen molar-refractivity contribution in [1.29, 1.82) is 0 Å². The highest BCUT2D eigenvalue weighted by molar-refractivity contribution is 7.89. The molecule has 0 amide bonds. The quantitative estimate of drug-likeness (QED) is 0.484. The summed E-state index contributed by atoms with van der Waals surface area (Å²) in [6.45, 7) is 3.99. The van der Waals surface area contributed by atoms with Gasteiger partial charge in [-0.15, -0.1) is 0 Å². The van der Waals surface area contributed by atoms with Gasteiger partial charge in [-0.05, 0) is 42.5 Å². The van der Waals surface area contributed by atoms with Crippen LogP contribution >= 0.6 is 0 Å². The van der Waals surface area contributed by atoms with E-state index in [1.165, 1.54) is 16.4 Å². The summed E-state index contributed by atoms with van der Waals surface area (Å²) in [4.78, 5) is 0.276. The van der Waals surface area contributed by atoms with E-state index in [0.717, 1.165) is 17.2 Å². The Bertz CT molecular complexity index is 1230. The Kier molecular flexibility index (Phi) is 6.50. The fourth-order valence-electron chi connectivity index (χ4n) is 3.23. The van der Waals surface area contributed by atoms with Crippen LogP contribution in [0.3, 0.4) is 0 Å². The van der Waals surface area contributed by atoms with E-state index in [9.17, 15) is 16.8 Å². The van der Waals surface area contributed by atoms with Crippen molar-refractivity contribution >= 4 is 30.9 Å². The zero-order valence-electron chi connectivity index (χ0n) is 17.1. The van der Waals surface area contributed by atoms with Gasteiger partial charge in [0.05, 0.1) is 11.2 Å². The van der Waals surface area contributed by atoms with Crippen LogP contribution in [0.2, 0.25) is 0 Å². The highest BCUT2D eigenvalue weighted by Gasteiger charge is 2.29. The lowest BCUT2D eigenvalue weighted by atomic mass is 10.1. The van der Waals surface area contributed by atoms with Gasteiger partial charge in [-0.25, -0.2) is 8.42 Å². The first-order chi connectivity index (χ1) is 14.1. The number of rotatable bonds is 8. The Balaban J connectivity index is 1.98. The van der Waals surface area contributed by atoms with E-state index in [2.05, 4.69) is 0 Å². The maximum Gasteiger partial charge on any atom is 0.306 e. The summed E-state index contributed by atoms with van der Waals surface area (Å²) in [7, 11) is -7.39. The minimum absolute atomic E-state index is 0.166. The maximum absolute atomic E-state index is 13.6. The van der Waals surface area contributed by atoms with Crippen molar-refractivity contribution in [2.75, 3.05) is 6.26 Å². The minimum Gasteiger partial charge on any atom is -0.383 e. The molecule has 1 unspecified atom stereocenters. The highest BCUT2D eigenvalue weighted by atomic mass is 32.2. The zero-order valence-corrected chi connectivity index (χ0v) is 18.8. The van der Waals surface area contributed by atoms with Crippen LogP contribution in [0.5, 0.6) is 5.75 Å². The molecule has 0 aliphatic carbocycles. The van der Waals surface area contributed by atoms with E-state index in [1.54, 1.807) is 24.3 Å². The predicted molar refractivity (Wildman–Crippen MR) is 118 cm³/mol. The fourth-order valence-corrected chi connectivity index (χ4v) is 5.60. The number of hydrogen-bond acceptors (Lipinski definition) is 5. The van der Waals surface area contributed by atoms with Gasteiger partial charge in [0.15, 0.2) is 0 Å². The third-order valence-electron chi connectivity index (χ3n) is 4.93. The van der Waals surface area contributed by atoms with E-state index in [1.807, 2.05) is 44.2 Å². The molecule has 0 fully saturated rings. The van der Waals surface area contributed by atoms with Gasteiger partial charge in [-0.3, -0.25) is 0 Å². The molecule has 3 rings (SSSR count). The maximum atomic E-state index is 13.6. The molecule has 0 N–H and O–H groups in total. The summed E-state index contributed by atoms with van der Waals surface area (Å²) in [5.41, 5.74) is 0.736. The van der Waals surface area contributed by atoms with Crippen LogP contribution in [0.1, 0.15) is 25.8 Å². The topological polar surface area (TPSA) is 80.8 Å². The van der Waals surface area contributed by atoms with E-state index in [0.29, 0.717) is 11.8 Å². The van der Waals surface area contributed by atoms with Crippen LogP contribution < -0.4 is 4.18 Å². The predicted octanol–water partition coefficient (Wildman–Crippen LogP) is 4.17. The van der Waals surface area contributed by atoms with Crippen molar-refractivity contribution in [2.45, 2.75) is 37.8 Å². The van der Waals surface area contributed by atoms with Crippen molar-refractivity contribution < 1.29 is 21.0 Å². The molecule has 8 heteroatoms. The average Bonchev–Trinajstić information content (AvgIpc) is 2.71. The summed E-state index contributed by atoms with van der Waals surface area (Å²) >= 11 is 0. The first kappa shape index (κ1) is 22.3. The lowest BCUT2D eigenvalue weighted by Crippen LogP contribution is -2.37. The summed E-state index contributed by atoms with van der Waals surface area (Å²) in [5, 5.41) is 1.55.